The third-order valence-corrected chi connectivity index (χ3v) is 1.47. The van der Waals surface area contributed by atoms with Gasteiger partial charge in [0.05, 0.1) is 0 Å². The Bertz CT molecular complexity index is 127. The molecule has 0 spiro atoms. The van der Waals surface area contributed by atoms with Crippen molar-refractivity contribution in [3.05, 3.63) is 24.6 Å². The van der Waals surface area contributed by atoms with E-state index in [2.05, 4.69) is 18.4 Å². The van der Waals surface area contributed by atoms with Crippen molar-refractivity contribution in [2.24, 2.45) is 5.73 Å². The van der Waals surface area contributed by atoms with E-state index in [0.29, 0.717) is 0 Å². The van der Waals surface area contributed by atoms with Gasteiger partial charge in [0, 0.05) is 25.0 Å². The van der Waals surface area contributed by atoms with E-state index in [9.17, 15) is 0 Å². The maximum absolute atomic E-state index is 5.34. The van der Waals surface area contributed by atoms with Crippen LogP contribution in [0, 0.1) is 0 Å². The molecule has 0 rings (SSSR count). The molecule has 0 aromatic rings. The number of rotatable bonds is 4. The zero-order valence-electron chi connectivity index (χ0n) is 6.80. The van der Waals surface area contributed by atoms with Gasteiger partial charge in [-0.05, 0) is 13.8 Å². The summed E-state index contributed by atoms with van der Waals surface area (Å²) in [5, 5.41) is 0. The molecule has 2 heteroatoms. The number of hydrogen-bond donors (Lipinski definition) is 1. The molecule has 0 aliphatic heterocycles. The third kappa shape index (κ3) is 2.58. The average Bonchev–Trinajstić information content (AvgIpc) is 1.99. The first-order chi connectivity index (χ1) is 4.76. The van der Waals surface area contributed by atoms with Crippen molar-refractivity contribution in [3.63, 3.8) is 0 Å². The zero-order chi connectivity index (χ0) is 7.98. The monoisotopic (exact) mass is 140 g/mol. The Morgan fingerprint density at radius 2 is 2.30 bits per heavy atom. The van der Waals surface area contributed by atoms with E-state index in [1.807, 2.05) is 13.0 Å². The molecule has 0 aromatic heterocycles. The molecule has 0 saturated carbocycles. The molecule has 2 nitrogen and oxygen atoms in total. The Labute approximate surface area is 63.0 Å². The normalized spacial score (nSPS) is 11.2. The van der Waals surface area contributed by atoms with Crippen molar-refractivity contribution < 1.29 is 0 Å². The molecular formula is C8H16N2. The van der Waals surface area contributed by atoms with Gasteiger partial charge in [-0.1, -0.05) is 6.08 Å². The highest BCUT2D eigenvalue weighted by Crippen LogP contribution is 1.99. The van der Waals surface area contributed by atoms with Crippen LogP contribution in [-0.2, 0) is 0 Å². The molecule has 0 atom stereocenters. The molecule has 10 heavy (non-hydrogen) atoms. The predicted octanol–water partition coefficient (Wildman–Crippen LogP) is 1.31. The van der Waals surface area contributed by atoms with Crippen LogP contribution in [-0.4, -0.2) is 18.0 Å². The summed E-state index contributed by atoms with van der Waals surface area (Å²) in [6, 6.07) is 0. The molecule has 0 aliphatic carbocycles. The van der Waals surface area contributed by atoms with Gasteiger partial charge in [0.25, 0.3) is 0 Å². The van der Waals surface area contributed by atoms with Crippen LogP contribution in [0.25, 0.3) is 0 Å². The molecule has 0 fully saturated rings. The number of allylic oxidation sites excluding steroid dienone is 1. The van der Waals surface area contributed by atoms with Crippen molar-refractivity contribution in [2.75, 3.05) is 13.1 Å². The third-order valence-electron chi connectivity index (χ3n) is 1.47. The molecule has 0 saturated heterocycles. The Morgan fingerprint density at radius 3 is 2.60 bits per heavy atom. The fourth-order valence-corrected chi connectivity index (χ4v) is 0.784. The number of nitrogens with zero attached hydrogens (tertiary/aromatic N) is 1. The van der Waals surface area contributed by atoms with Gasteiger partial charge < -0.3 is 10.6 Å². The van der Waals surface area contributed by atoms with Crippen molar-refractivity contribution in [1.29, 1.82) is 0 Å². The maximum atomic E-state index is 5.34. The Balaban J connectivity index is 3.92. The number of hydrogen-bond acceptors (Lipinski definition) is 2. The minimum Gasteiger partial charge on any atom is -0.403 e. The molecule has 0 heterocycles. The van der Waals surface area contributed by atoms with Crippen molar-refractivity contribution in [2.45, 2.75) is 13.8 Å². The van der Waals surface area contributed by atoms with E-state index in [1.54, 1.807) is 6.20 Å². The summed E-state index contributed by atoms with van der Waals surface area (Å²) in [6.45, 7) is 9.59. The Kier molecular flexibility index (Phi) is 4.46. The number of nitrogens with two attached hydrogens (primary N) is 1. The summed E-state index contributed by atoms with van der Waals surface area (Å²) >= 11 is 0. The smallest absolute Gasteiger partial charge is 0.0354 e. The van der Waals surface area contributed by atoms with Gasteiger partial charge in [0.1, 0.15) is 0 Å². The van der Waals surface area contributed by atoms with E-state index in [1.165, 1.54) is 0 Å². The first kappa shape index (κ1) is 9.08. The fraction of sp³-hybridized carbons (Fsp3) is 0.500. The molecule has 2 N–H and O–H groups in total. The minimum atomic E-state index is 0.871. The molecule has 0 amide bonds. The highest BCUT2D eigenvalue weighted by atomic mass is 15.1. The molecule has 58 valence electrons. The Hall–Kier alpha value is -0.920. The molecule has 0 unspecified atom stereocenters. The van der Waals surface area contributed by atoms with E-state index >= 15 is 0 Å². The van der Waals surface area contributed by atoms with E-state index < -0.39 is 0 Å². The standard InChI is InChI=1S/C8H16N2/c1-4-6-10(5-2)8(3)7-9/h4,7H,1,5-6,9H2,2-3H3/b8-7-. The van der Waals surface area contributed by atoms with Crippen molar-refractivity contribution in [1.82, 2.24) is 4.90 Å². The van der Waals surface area contributed by atoms with Crippen LogP contribution in [0.1, 0.15) is 13.8 Å². The fourth-order valence-electron chi connectivity index (χ4n) is 0.784. The summed E-state index contributed by atoms with van der Waals surface area (Å²) in [7, 11) is 0. The topological polar surface area (TPSA) is 29.3 Å². The van der Waals surface area contributed by atoms with Gasteiger partial charge in [-0.15, -0.1) is 6.58 Å². The van der Waals surface area contributed by atoms with Crippen LogP contribution >= 0.6 is 0 Å². The predicted molar refractivity (Wildman–Crippen MR) is 45.4 cm³/mol. The van der Waals surface area contributed by atoms with Gasteiger partial charge in [-0.3, -0.25) is 0 Å². The Morgan fingerprint density at radius 1 is 1.70 bits per heavy atom. The number of likely N-dealkylation sites (N-methyl/N-ethyl adjacent to an activating group) is 1. The molecule has 0 aliphatic rings. The summed E-state index contributed by atoms with van der Waals surface area (Å²) in [5.74, 6) is 0. The maximum Gasteiger partial charge on any atom is 0.0354 e. The second-order valence-corrected chi connectivity index (χ2v) is 2.14. The van der Waals surface area contributed by atoms with Gasteiger partial charge >= 0.3 is 0 Å². The second-order valence-electron chi connectivity index (χ2n) is 2.14. The van der Waals surface area contributed by atoms with Gasteiger partial charge in [0.15, 0.2) is 0 Å². The van der Waals surface area contributed by atoms with Gasteiger partial charge in [-0.2, -0.15) is 0 Å². The SMILES string of the molecule is C=CCN(CC)/C(C)=C\N. The van der Waals surface area contributed by atoms with Crippen LogP contribution in [0.2, 0.25) is 0 Å². The molecule has 0 bridgehead atoms. The van der Waals surface area contributed by atoms with Gasteiger partial charge in [0.2, 0.25) is 0 Å². The quantitative estimate of drug-likeness (QED) is 0.597. The van der Waals surface area contributed by atoms with E-state index in [4.69, 9.17) is 5.73 Å². The lowest BCUT2D eigenvalue weighted by Crippen LogP contribution is -2.21. The molecule has 0 aromatic carbocycles. The summed E-state index contributed by atoms with van der Waals surface area (Å²) in [6.07, 6.45) is 3.49. The molecule has 0 radical (unpaired) electrons. The highest BCUT2D eigenvalue weighted by molar-refractivity contribution is 4.96. The summed E-state index contributed by atoms with van der Waals surface area (Å²) < 4.78 is 0. The first-order valence-electron chi connectivity index (χ1n) is 3.50. The zero-order valence-corrected chi connectivity index (χ0v) is 6.80. The minimum absolute atomic E-state index is 0.871. The molecular weight excluding hydrogens is 124 g/mol. The first-order valence-corrected chi connectivity index (χ1v) is 3.50. The van der Waals surface area contributed by atoms with Crippen molar-refractivity contribution >= 4 is 0 Å². The summed E-state index contributed by atoms with van der Waals surface area (Å²) in [4.78, 5) is 2.15. The lowest BCUT2D eigenvalue weighted by atomic mass is 10.4. The van der Waals surface area contributed by atoms with Crippen LogP contribution in [0.5, 0.6) is 0 Å². The largest absolute Gasteiger partial charge is 0.403 e. The second kappa shape index (κ2) is 4.91. The summed E-state index contributed by atoms with van der Waals surface area (Å²) in [5.41, 5.74) is 6.44. The van der Waals surface area contributed by atoms with Gasteiger partial charge in [-0.25, -0.2) is 0 Å². The van der Waals surface area contributed by atoms with Crippen LogP contribution < -0.4 is 5.73 Å². The van der Waals surface area contributed by atoms with E-state index in [0.717, 1.165) is 18.8 Å². The lowest BCUT2D eigenvalue weighted by molar-refractivity contribution is 0.401. The lowest BCUT2D eigenvalue weighted by Gasteiger charge is -2.20. The van der Waals surface area contributed by atoms with E-state index in [-0.39, 0.29) is 0 Å². The van der Waals surface area contributed by atoms with Crippen LogP contribution in [0.3, 0.4) is 0 Å². The van der Waals surface area contributed by atoms with Crippen LogP contribution in [0.4, 0.5) is 0 Å². The van der Waals surface area contributed by atoms with Crippen LogP contribution in [0.15, 0.2) is 24.6 Å². The highest BCUT2D eigenvalue weighted by Gasteiger charge is 1.96. The van der Waals surface area contributed by atoms with Crippen molar-refractivity contribution in [3.8, 4) is 0 Å². The average molecular weight is 140 g/mol.